The topological polar surface area (TPSA) is 65.1 Å². The van der Waals surface area contributed by atoms with E-state index < -0.39 is 0 Å². The van der Waals surface area contributed by atoms with Gasteiger partial charge in [0.25, 0.3) is 11.8 Å². The van der Waals surface area contributed by atoms with Gasteiger partial charge in [-0.1, -0.05) is 24.3 Å². The standard InChI is InChI=1S/C23H25NO5/c1-2-27-17-12-10-16(11-13-17)23-28-15-18(29-23)7-5-6-14-24-21(25)19-8-3-4-9-20(19)22(24)26/h3-4,8-13,18,23H,2,5-7,14-15H2,1H3. The lowest BCUT2D eigenvalue weighted by molar-refractivity contribution is -0.0614. The predicted octanol–water partition coefficient (Wildman–Crippen LogP) is 3.97. The quantitative estimate of drug-likeness (QED) is 0.500. The lowest BCUT2D eigenvalue weighted by Gasteiger charge is -2.15. The monoisotopic (exact) mass is 395 g/mol. The van der Waals surface area contributed by atoms with Crippen LogP contribution in [0.4, 0.5) is 0 Å². The number of rotatable bonds is 8. The van der Waals surface area contributed by atoms with Crippen LogP contribution in [-0.4, -0.2) is 42.6 Å². The average Bonchev–Trinajstić information content (AvgIpc) is 3.31. The zero-order chi connectivity index (χ0) is 20.2. The maximum atomic E-state index is 12.4. The van der Waals surface area contributed by atoms with Crippen LogP contribution in [-0.2, 0) is 9.47 Å². The van der Waals surface area contributed by atoms with Crippen molar-refractivity contribution in [2.75, 3.05) is 19.8 Å². The van der Waals surface area contributed by atoms with Crippen molar-refractivity contribution in [2.24, 2.45) is 0 Å². The molecule has 6 nitrogen and oxygen atoms in total. The summed E-state index contributed by atoms with van der Waals surface area (Å²) in [6, 6.07) is 14.7. The van der Waals surface area contributed by atoms with Gasteiger partial charge in [-0.2, -0.15) is 0 Å². The molecule has 4 rings (SSSR count). The zero-order valence-electron chi connectivity index (χ0n) is 16.5. The molecule has 0 N–H and O–H groups in total. The van der Waals surface area contributed by atoms with Crippen molar-refractivity contribution in [3.63, 3.8) is 0 Å². The van der Waals surface area contributed by atoms with Gasteiger partial charge in [0, 0.05) is 12.1 Å². The van der Waals surface area contributed by atoms with E-state index in [0.717, 1.165) is 30.6 Å². The third kappa shape index (κ3) is 4.18. The molecule has 0 saturated carbocycles. The largest absolute Gasteiger partial charge is 0.494 e. The Kier molecular flexibility index (Phi) is 5.92. The van der Waals surface area contributed by atoms with Crippen molar-refractivity contribution in [1.82, 2.24) is 4.90 Å². The van der Waals surface area contributed by atoms with Crippen molar-refractivity contribution < 1.29 is 23.8 Å². The summed E-state index contributed by atoms with van der Waals surface area (Å²) >= 11 is 0. The number of hydrogen-bond donors (Lipinski definition) is 0. The number of nitrogens with zero attached hydrogens (tertiary/aromatic N) is 1. The molecule has 2 aliphatic heterocycles. The summed E-state index contributed by atoms with van der Waals surface area (Å²) in [6.45, 7) is 3.57. The highest BCUT2D eigenvalue weighted by molar-refractivity contribution is 6.21. The summed E-state index contributed by atoms with van der Waals surface area (Å²) in [5.74, 6) is 0.446. The highest BCUT2D eigenvalue weighted by Crippen LogP contribution is 2.30. The number of hydrogen-bond acceptors (Lipinski definition) is 5. The number of carbonyl (C=O) groups excluding carboxylic acids is 2. The van der Waals surface area contributed by atoms with E-state index in [4.69, 9.17) is 14.2 Å². The van der Waals surface area contributed by atoms with Gasteiger partial charge in [0.05, 0.1) is 30.4 Å². The molecule has 2 aromatic carbocycles. The molecule has 0 radical (unpaired) electrons. The number of ether oxygens (including phenoxy) is 3. The van der Waals surface area contributed by atoms with E-state index in [-0.39, 0.29) is 24.2 Å². The number of benzene rings is 2. The Morgan fingerprint density at radius 3 is 2.34 bits per heavy atom. The molecule has 1 saturated heterocycles. The van der Waals surface area contributed by atoms with Crippen LogP contribution in [0.2, 0.25) is 0 Å². The maximum Gasteiger partial charge on any atom is 0.261 e. The van der Waals surface area contributed by atoms with E-state index in [1.165, 1.54) is 4.90 Å². The van der Waals surface area contributed by atoms with E-state index in [1.54, 1.807) is 24.3 Å². The molecule has 2 atom stereocenters. The summed E-state index contributed by atoms with van der Waals surface area (Å²) < 4.78 is 17.2. The summed E-state index contributed by atoms with van der Waals surface area (Å²) in [7, 11) is 0. The van der Waals surface area contributed by atoms with Crippen LogP contribution in [0.5, 0.6) is 5.75 Å². The van der Waals surface area contributed by atoms with Gasteiger partial charge >= 0.3 is 0 Å². The molecule has 152 valence electrons. The maximum absolute atomic E-state index is 12.4. The first-order valence-electron chi connectivity index (χ1n) is 10.1. The predicted molar refractivity (Wildman–Crippen MR) is 107 cm³/mol. The second-order valence-electron chi connectivity index (χ2n) is 7.23. The molecular weight excluding hydrogens is 370 g/mol. The first-order chi connectivity index (χ1) is 14.2. The number of fused-ring (bicyclic) bond motifs is 1. The Morgan fingerprint density at radius 2 is 1.69 bits per heavy atom. The van der Waals surface area contributed by atoms with Crippen LogP contribution in [0, 0.1) is 0 Å². The fourth-order valence-corrected chi connectivity index (χ4v) is 3.75. The molecule has 2 amide bonds. The first-order valence-corrected chi connectivity index (χ1v) is 10.1. The fraction of sp³-hybridized carbons (Fsp3) is 0.391. The molecule has 29 heavy (non-hydrogen) atoms. The van der Waals surface area contributed by atoms with Crippen LogP contribution in [0.15, 0.2) is 48.5 Å². The lowest BCUT2D eigenvalue weighted by atomic mass is 10.1. The molecule has 0 aliphatic carbocycles. The van der Waals surface area contributed by atoms with Crippen molar-refractivity contribution in [3.8, 4) is 5.75 Å². The van der Waals surface area contributed by atoms with Crippen molar-refractivity contribution >= 4 is 11.8 Å². The van der Waals surface area contributed by atoms with E-state index >= 15 is 0 Å². The van der Waals surface area contributed by atoms with E-state index in [1.807, 2.05) is 31.2 Å². The second-order valence-corrected chi connectivity index (χ2v) is 7.23. The Bertz CT molecular complexity index is 844. The average molecular weight is 395 g/mol. The highest BCUT2D eigenvalue weighted by Gasteiger charge is 2.34. The van der Waals surface area contributed by atoms with Crippen molar-refractivity contribution in [2.45, 2.75) is 38.6 Å². The van der Waals surface area contributed by atoms with E-state index in [2.05, 4.69) is 0 Å². The smallest absolute Gasteiger partial charge is 0.261 e. The Morgan fingerprint density at radius 1 is 1.00 bits per heavy atom. The van der Waals surface area contributed by atoms with Gasteiger partial charge in [0.15, 0.2) is 6.29 Å². The third-order valence-corrected chi connectivity index (χ3v) is 5.25. The SMILES string of the molecule is CCOc1ccc(C2OCC(CCCCN3C(=O)c4ccccc4C3=O)O2)cc1. The summed E-state index contributed by atoms with van der Waals surface area (Å²) in [4.78, 5) is 26.1. The molecule has 0 bridgehead atoms. The number of carbonyl (C=O) groups is 2. The molecule has 2 heterocycles. The molecule has 6 heteroatoms. The normalized spacial score (nSPS) is 20.9. The van der Waals surface area contributed by atoms with Gasteiger partial charge in [-0.3, -0.25) is 14.5 Å². The van der Waals surface area contributed by atoms with Crippen LogP contribution in [0.3, 0.4) is 0 Å². The van der Waals surface area contributed by atoms with Gasteiger partial charge in [-0.15, -0.1) is 0 Å². The van der Waals surface area contributed by atoms with E-state index in [0.29, 0.717) is 30.9 Å². The van der Waals surface area contributed by atoms with E-state index in [9.17, 15) is 9.59 Å². The fourth-order valence-electron chi connectivity index (χ4n) is 3.75. The number of imide groups is 1. The van der Waals surface area contributed by atoms with Gasteiger partial charge in [-0.05, 0) is 50.5 Å². The van der Waals surface area contributed by atoms with Crippen LogP contribution < -0.4 is 4.74 Å². The molecule has 2 aromatic rings. The molecule has 2 unspecified atom stereocenters. The summed E-state index contributed by atoms with van der Waals surface area (Å²) in [5.41, 5.74) is 1.98. The van der Waals surface area contributed by atoms with Gasteiger partial charge in [0.1, 0.15) is 5.75 Å². The summed E-state index contributed by atoms with van der Waals surface area (Å²) in [5, 5.41) is 0. The Labute approximate surface area is 170 Å². The number of unbranched alkanes of at least 4 members (excludes halogenated alkanes) is 1. The Balaban J connectivity index is 1.21. The lowest BCUT2D eigenvalue weighted by Crippen LogP contribution is -2.30. The van der Waals surface area contributed by atoms with Gasteiger partial charge in [0.2, 0.25) is 0 Å². The molecule has 1 fully saturated rings. The highest BCUT2D eigenvalue weighted by atomic mass is 16.7. The minimum atomic E-state index is -0.355. The third-order valence-electron chi connectivity index (χ3n) is 5.25. The van der Waals surface area contributed by atoms with Crippen molar-refractivity contribution in [1.29, 1.82) is 0 Å². The van der Waals surface area contributed by atoms with Crippen LogP contribution >= 0.6 is 0 Å². The first kappa shape index (κ1) is 19.6. The molecular formula is C23H25NO5. The van der Waals surface area contributed by atoms with Gasteiger partial charge < -0.3 is 14.2 Å². The van der Waals surface area contributed by atoms with Gasteiger partial charge in [-0.25, -0.2) is 0 Å². The molecule has 0 aromatic heterocycles. The minimum absolute atomic E-state index is 0.0220. The van der Waals surface area contributed by atoms with Crippen LogP contribution in [0.1, 0.15) is 58.8 Å². The summed E-state index contributed by atoms with van der Waals surface area (Å²) in [6.07, 6.45) is 2.10. The molecule has 0 spiro atoms. The second kappa shape index (κ2) is 8.76. The zero-order valence-corrected chi connectivity index (χ0v) is 16.5. The minimum Gasteiger partial charge on any atom is -0.494 e. The number of amides is 2. The Hall–Kier alpha value is -2.70. The molecule has 2 aliphatic rings. The van der Waals surface area contributed by atoms with Crippen molar-refractivity contribution in [3.05, 3.63) is 65.2 Å². The van der Waals surface area contributed by atoms with Crippen LogP contribution in [0.25, 0.3) is 0 Å².